The van der Waals surface area contributed by atoms with Gasteiger partial charge in [-0.05, 0) is 41.0 Å². The third kappa shape index (κ3) is 3.59. The summed E-state index contributed by atoms with van der Waals surface area (Å²) in [4.78, 5) is 11.9. The lowest BCUT2D eigenvalue weighted by Gasteiger charge is -2.06. The molecule has 0 unspecified atom stereocenters. The third-order valence-corrected chi connectivity index (χ3v) is 4.04. The average molecular weight is 305 g/mol. The highest BCUT2D eigenvalue weighted by atomic mass is 32.2. The molecule has 2 aromatic rings. The highest BCUT2D eigenvalue weighted by Crippen LogP contribution is 2.36. The summed E-state index contributed by atoms with van der Waals surface area (Å²) in [5, 5.41) is 24.0. The number of amides is 1. The number of tetrazole rings is 1. The molecule has 0 atom stereocenters. The number of anilines is 1. The highest BCUT2D eigenvalue weighted by Gasteiger charge is 2.28. The van der Waals surface area contributed by atoms with Gasteiger partial charge in [-0.25, -0.2) is 4.68 Å². The van der Waals surface area contributed by atoms with Crippen LogP contribution in [0.1, 0.15) is 24.4 Å². The monoisotopic (exact) mass is 305 g/mol. The van der Waals surface area contributed by atoms with Crippen LogP contribution in [0.2, 0.25) is 0 Å². The molecule has 0 saturated heterocycles. The Morgan fingerprint density at radius 1 is 1.38 bits per heavy atom. The first-order valence-electron chi connectivity index (χ1n) is 6.66. The van der Waals surface area contributed by atoms with Gasteiger partial charge in [0.25, 0.3) is 0 Å². The second-order valence-electron chi connectivity index (χ2n) is 4.83. The number of aliphatic hydroxyl groups is 1. The van der Waals surface area contributed by atoms with Gasteiger partial charge < -0.3 is 10.4 Å². The summed E-state index contributed by atoms with van der Waals surface area (Å²) in [5.74, 6) is 0.150. The SMILES string of the molecule is O=C(CSc1nnnn1C1CC1)Nc1ccc(CO)cc1. The van der Waals surface area contributed by atoms with Crippen molar-refractivity contribution in [1.82, 2.24) is 20.2 Å². The fourth-order valence-corrected chi connectivity index (χ4v) is 2.59. The molecule has 2 N–H and O–H groups in total. The van der Waals surface area contributed by atoms with Crippen LogP contribution in [0.3, 0.4) is 0 Å². The lowest BCUT2D eigenvalue weighted by molar-refractivity contribution is -0.113. The minimum absolute atomic E-state index is 0.00605. The van der Waals surface area contributed by atoms with Gasteiger partial charge in [-0.2, -0.15) is 0 Å². The largest absolute Gasteiger partial charge is 0.392 e. The lowest BCUT2D eigenvalue weighted by atomic mass is 10.2. The maximum absolute atomic E-state index is 11.9. The van der Waals surface area contributed by atoms with Crippen molar-refractivity contribution in [3.63, 3.8) is 0 Å². The quantitative estimate of drug-likeness (QED) is 0.780. The van der Waals surface area contributed by atoms with E-state index < -0.39 is 0 Å². The molecule has 0 spiro atoms. The normalized spacial score (nSPS) is 14.1. The second kappa shape index (κ2) is 6.23. The fourth-order valence-electron chi connectivity index (χ4n) is 1.85. The Labute approximate surface area is 125 Å². The Morgan fingerprint density at radius 2 is 2.14 bits per heavy atom. The molecule has 110 valence electrons. The van der Waals surface area contributed by atoms with E-state index in [2.05, 4.69) is 20.8 Å². The molecule has 1 saturated carbocycles. The number of carbonyl (C=O) groups excluding carboxylic acids is 1. The van der Waals surface area contributed by atoms with Crippen LogP contribution in [-0.4, -0.2) is 37.0 Å². The number of thioether (sulfide) groups is 1. The molecule has 1 aromatic carbocycles. The molecular formula is C13H15N5O2S. The summed E-state index contributed by atoms with van der Waals surface area (Å²) < 4.78 is 1.79. The van der Waals surface area contributed by atoms with Crippen LogP contribution >= 0.6 is 11.8 Å². The van der Waals surface area contributed by atoms with Crippen molar-refractivity contribution < 1.29 is 9.90 Å². The van der Waals surface area contributed by atoms with Crippen LogP contribution in [0.4, 0.5) is 5.69 Å². The summed E-state index contributed by atoms with van der Waals surface area (Å²) in [5.41, 5.74) is 1.52. The van der Waals surface area contributed by atoms with Gasteiger partial charge in [-0.15, -0.1) is 5.10 Å². The van der Waals surface area contributed by atoms with Crippen molar-refractivity contribution in [2.75, 3.05) is 11.1 Å². The van der Waals surface area contributed by atoms with Gasteiger partial charge >= 0.3 is 0 Å². The number of benzene rings is 1. The van der Waals surface area contributed by atoms with Gasteiger partial charge in [0.05, 0.1) is 18.4 Å². The third-order valence-electron chi connectivity index (χ3n) is 3.11. The maximum Gasteiger partial charge on any atom is 0.234 e. The number of rotatable bonds is 6. The highest BCUT2D eigenvalue weighted by molar-refractivity contribution is 7.99. The van der Waals surface area contributed by atoms with Gasteiger partial charge in [0.2, 0.25) is 11.1 Å². The van der Waals surface area contributed by atoms with E-state index in [0.717, 1.165) is 18.4 Å². The molecule has 0 bridgehead atoms. The van der Waals surface area contributed by atoms with Crippen molar-refractivity contribution in [2.24, 2.45) is 0 Å². The van der Waals surface area contributed by atoms with E-state index in [4.69, 9.17) is 5.11 Å². The summed E-state index contributed by atoms with van der Waals surface area (Å²) in [6.07, 6.45) is 2.20. The molecule has 7 nitrogen and oxygen atoms in total. The van der Waals surface area contributed by atoms with Gasteiger partial charge in [-0.3, -0.25) is 4.79 Å². The Bertz CT molecular complexity index is 624. The number of aromatic nitrogens is 4. The minimum Gasteiger partial charge on any atom is -0.392 e. The van der Waals surface area contributed by atoms with Crippen molar-refractivity contribution in [3.8, 4) is 0 Å². The van der Waals surface area contributed by atoms with Crippen LogP contribution in [0, 0.1) is 0 Å². The lowest BCUT2D eigenvalue weighted by Crippen LogP contribution is -2.14. The summed E-state index contributed by atoms with van der Waals surface area (Å²) in [7, 11) is 0. The van der Waals surface area contributed by atoms with Crippen LogP contribution in [-0.2, 0) is 11.4 Å². The van der Waals surface area contributed by atoms with E-state index in [1.807, 2.05) is 0 Å². The first-order valence-corrected chi connectivity index (χ1v) is 7.65. The predicted molar refractivity (Wildman–Crippen MR) is 77.8 cm³/mol. The summed E-state index contributed by atoms with van der Waals surface area (Å²) in [6.45, 7) is -0.00605. The van der Waals surface area contributed by atoms with E-state index in [0.29, 0.717) is 16.9 Å². The smallest absolute Gasteiger partial charge is 0.234 e. The van der Waals surface area contributed by atoms with E-state index in [-0.39, 0.29) is 18.3 Å². The topological polar surface area (TPSA) is 92.9 Å². The van der Waals surface area contributed by atoms with Crippen LogP contribution in [0.25, 0.3) is 0 Å². The minimum atomic E-state index is -0.109. The van der Waals surface area contributed by atoms with E-state index in [1.165, 1.54) is 11.8 Å². The zero-order valence-electron chi connectivity index (χ0n) is 11.3. The summed E-state index contributed by atoms with van der Waals surface area (Å²) >= 11 is 1.33. The molecule has 8 heteroatoms. The Hall–Kier alpha value is -1.93. The zero-order chi connectivity index (χ0) is 14.7. The maximum atomic E-state index is 11.9. The van der Waals surface area contributed by atoms with Crippen molar-refractivity contribution >= 4 is 23.4 Å². The van der Waals surface area contributed by atoms with E-state index in [1.54, 1.807) is 28.9 Å². The molecule has 1 aromatic heterocycles. The molecular weight excluding hydrogens is 290 g/mol. The number of carbonyl (C=O) groups is 1. The standard InChI is InChI=1S/C13H15N5O2S/c19-7-9-1-3-10(4-2-9)14-12(20)8-21-13-15-16-17-18(13)11-5-6-11/h1-4,11,19H,5-8H2,(H,14,20). The van der Waals surface area contributed by atoms with Gasteiger partial charge in [0, 0.05) is 5.69 Å². The Morgan fingerprint density at radius 3 is 2.81 bits per heavy atom. The van der Waals surface area contributed by atoms with Crippen molar-refractivity contribution in [3.05, 3.63) is 29.8 Å². The number of hydrogen-bond donors (Lipinski definition) is 2. The number of hydrogen-bond acceptors (Lipinski definition) is 6. The van der Waals surface area contributed by atoms with E-state index in [9.17, 15) is 4.79 Å². The average Bonchev–Trinajstić information content (AvgIpc) is 3.24. The number of nitrogens with zero attached hydrogens (tertiary/aromatic N) is 4. The summed E-state index contributed by atoms with van der Waals surface area (Å²) in [6, 6.07) is 7.48. The number of aliphatic hydroxyl groups excluding tert-OH is 1. The molecule has 1 fully saturated rings. The molecule has 1 aliphatic rings. The van der Waals surface area contributed by atoms with Crippen LogP contribution in [0.5, 0.6) is 0 Å². The Balaban J connectivity index is 1.52. The van der Waals surface area contributed by atoms with Gasteiger partial charge in [0.1, 0.15) is 0 Å². The molecule has 0 aliphatic heterocycles. The Kier molecular flexibility index (Phi) is 4.16. The molecule has 3 rings (SSSR count). The molecule has 1 amide bonds. The molecule has 1 heterocycles. The first kappa shape index (κ1) is 14.0. The van der Waals surface area contributed by atoms with E-state index >= 15 is 0 Å². The molecule has 21 heavy (non-hydrogen) atoms. The predicted octanol–water partition coefficient (Wildman–Crippen LogP) is 1.23. The van der Waals surface area contributed by atoms with Crippen molar-refractivity contribution in [1.29, 1.82) is 0 Å². The van der Waals surface area contributed by atoms with Gasteiger partial charge in [-0.1, -0.05) is 23.9 Å². The molecule has 1 aliphatic carbocycles. The first-order chi connectivity index (χ1) is 10.3. The molecule has 0 radical (unpaired) electrons. The van der Waals surface area contributed by atoms with Gasteiger partial charge in [0.15, 0.2) is 0 Å². The van der Waals surface area contributed by atoms with Crippen LogP contribution < -0.4 is 5.32 Å². The number of nitrogens with one attached hydrogen (secondary N) is 1. The zero-order valence-corrected chi connectivity index (χ0v) is 12.1. The fraction of sp³-hybridized carbons (Fsp3) is 0.385. The van der Waals surface area contributed by atoms with Crippen LogP contribution in [0.15, 0.2) is 29.4 Å². The second-order valence-corrected chi connectivity index (χ2v) is 5.77. The van der Waals surface area contributed by atoms with Crippen molar-refractivity contribution in [2.45, 2.75) is 30.6 Å².